The van der Waals surface area contributed by atoms with Gasteiger partial charge in [-0.25, -0.2) is 0 Å². The second kappa shape index (κ2) is 10.2. The predicted molar refractivity (Wildman–Crippen MR) is 151 cm³/mol. The number of hydrogen-bond acceptors (Lipinski definition) is 7. The Morgan fingerprint density at radius 2 is 1.90 bits per heavy atom. The number of aromatic nitrogens is 1. The third-order valence-corrected chi connectivity index (χ3v) is 11.2. The van der Waals surface area contributed by atoms with Crippen LogP contribution in [0.15, 0.2) is 23.0 Å². The molecule has 2 unspecified atom stereocenters. The van der Waals surface area contributed by atoms with Crippen LogP contribution in [-0.2, 0) is 9.53 Å². The van der Waals surface area contributed by atoms with Gasteiger partial charge < -0.3 is 30.6 Å². The number of amides is 2. The van der Waals surface area contributed by atoms with E-state index in [1.54, 1.807) is 12.1 Å². The van der Waals surface area contributed by atoms with Crippen molar-refractivity contribution in [1.82, 2.24) is 20.1 Å². The van der Waals surface area contributed by atoms with Gasteiger partial charge >= 0.3 is 0 Å². The zero-order valence-electron chi connectivity index (χ0n) is 23.7. The Hall–Kier alpha value is -2.74. The third kappa shape index (κ3) is 5.00. The molecule has 0 radical (unpaired) electrons. The molecule has 8 rings (SSSR count). The van der Waals surface area contributed by atoms with E-state index < -0.39 is 6.04 Å². The minimum absolute atomic E-state index is 0.00670. The van der Waals surface area contributed by atoms with Crippen molar-refractivity contribution >= 4 is 11.8 Å². The molecule has 7 fully saturated rings. The topological polar surface area (TPSA) is 145 Å². The number of hydrogen-bond donors (Lipinski definition) is 3. The molecule has 4 N–H and O–H groups in total. The quantitative estimate of drug-likeness (QED) is 0.438. The Kier molecular flexibility index (Phi) is 6.75. The first-order chi connectivity index (χ1) is 19.8. The van der Waals surface area contributed by atoms with Crippen LogP contribution in [0.4, 0.5) is 0 Å². The van der Waals surface area contributed by atoms with Gasteiger partial charge in [0.1, 0.15) is 11.7 Å². The van der Waals surface area contributed by atoms with Crippen LogP contribution in [-0.4, -0.2) is 82.6 Å². The number of carbonyl (C=O) groups is 2. The largest absolute Gasteiger partial charge is 0.374 e. The summed E-state index contributed by atoms with van der Waals surface area (Å²) in [5.74, 6) is 1.40. The van der Waals surface area contributed by atoms with Gasteiger partial charge in [0.2, 0.25) is 11.5 Å². The summed E-state index contributed by atoms with van der Waals surface area (Å²) in [6, 6.07) is 6.44. The highest BCUT2D eigenvalue weighted by Crippen LogP contribution is 2.64. The molecule has 3 heterocycles. The van der Waals surface area contributed by atoms with E-state index in [1.807, 2.05) is 4.90 Å². The average molecular weight is 563 g/mol. The van der Waals surface area contributed by atoms with E-state index in [0.29, 0.717) is 30.1 Å². The summed E-state index contributed by atoms with van der Waals surface area (Å²) in [7, 11) is 0. The molecule has 5 aliphatic carbocycles. The lowest BCUT2D eigenvalue weighted by Gasteiger charge is -2.63. The van der Waals surface area contributed by atoms with Crippen molar-refractivity contribution in [3.63, 3.8) is 0 Å². The van der Waals surface area contributed by atoms with E-state index in [2.05, 4.69) is 21.3 Å². The number of ether oxygens (including phenoxy) is 1. The van der Waals surface area contributed by atoms with Crippen molar-refractivity contribution in [1.29, 1.82) is 5.26 Å². The Bertz CT molecular complexity index is 1280. The summed E-state index contributed by atoms with van der Waals surface area (Å²) in [6.45, 7) is 3.29. The molecule has 6 atom stereocenters. The number of carbonyl (C=O) groups excluding carboxylic acids is 2. The van der Waals surface area contributed by atoms with Gasteiger partial charge in [0, 0.05) is 37.8 Å². The number of nitrogens with one attached hydrogen (secondary N) is 2. The fourth-order valence-corrected chi connectivity index (χ4v) is 9.63. The van der Waals surface area contributed by atoms with Crippen LogP contribution >= 0.6 is 0 Å². The van der Waals surface area contributed by atoms with E-state index in [-0.39, 0.29) is 46.5 Å². The molecule has 2 amide bonds. The summed E-state index contributed by atoms with van der Waals surface area (Å²) < 4.78 is 6.78. The average Bonchev–Trinajstić information content (AvgIpc) is 3.61. The number of pyridine rings is 1. The van der Waals surface area contributed by atoms with Crippen LogP contribution in [0.1, 0.15) is 74.7 Å². The highest BCUT2D eigenvalue weighted by Gasteiger charge is 2.63. The summed E-state index contributed by atoms with van der Waals surface area (Å²) in [5.41, 5.74) is 6.49. The minimum Gasteiger partial charge on any atom is -0.374 e. The molecule has 2 aliphatic heterocycles. The molecular formula is C31H42N6O4. The molecule has 10 heteroatoms. The van der Waals surface area contributed by atoms with Crippen LogP contribution in [0.5, 0.6) is 0 Å². The Morgan fingerprint density at radius 3 is 2.61 bits per heavy atom. The zero-order valence-corrected chi connectivity index (χ0v) is 23.7. The maximum atomic E-state index is 13.7. The molecule has 5 saturated carbocycles. The molecule has 0 spiro atoms. The molecule has 1 aromatic rings. The SMILES string of the molecule is N#C[C@@H]1C[C@@H]2C[C@@H]2N1C(=O)[C@@H](N)C12CC3CC(CC(OCCN4CCC(NC(=O)c5cccc(=O)[nH]5)CC4)(C3)C1)C2. The number of nitrogens with zero attached hydrogens (tertiary/aromatic N) is 3. The third-order valence-electron chi connectivity index (χ3n) is 11.2. The van der Waals surface area contributed by atoms with Gasteiger partial charge in [0.05, 0.1) is 24.3 Å². The highest BCUT2D eigenvalue weighted by molar-refractivity contribution is 5.92. The number of aromatic amines is 1. The first-order valence-electron chi connectivity index (χ1n) is 15.6. The number of H-pyrrole nitrogens is 1. The Morgan fingerprint density at radius 1 is 1.15 bits per heavy atom. The van der Waals surface area contributed by atoms with Crippen LogP contribution in [0.25, 0.3) is 0 Å². The monoisotopic (exact) mass is 562 g/mol. The summed E-state index contributed by atoms with van der Waals surface area (Å²) in [6.07, 6.45) is 9.79. The van der Waals surface area contributed by atoms with E-state index in [0.717, 1.165) is 77.4 Å². The van der Waals surface area contributed by atoms with Gasteiger partial charge in [-0.2, -0.15) is 5.26 Å². The standard InChI is InChI=1S/C31H42N6O4/c32-17-23-11-21-12-25(21)37(23)29(40)27(33)30-13-19-10-20(14-30)16-31(15-19,18-30)41-9-8-36-6-4-22(5-7-36)34-28(39)24-2-1-3-26(38)35-24/h1-3,19-23,25,27H,4-16,18,33H2,(H,34,39)(H,35,38)/t19?,20?,21-,23+,25+,27-,30?,31?/m1/s1. The van der Waals surface area contributed by atoms with Gasteiger partial charge in [-0.1, -0.05) is 6.07 Å². The van der Waals surface area contributed by atoms with Crippen LogP contribution in [0.2, 0.25) is 0 Å². The lowest BCUT2D eigenvalue weighted by atomic mass is 9.46. The van der Waals surface area contributed by atoms with Crippen molar-refractivity contribution in [2.75, 3.05) is 26.2 Å². The van der Waals surface area contributed by atoms with Crippen molar-refractivity contribution in [3.05, 3.63) is 34.2 Å². The number of nitriles is 1. The van der Waals surface area contributed by atoms with Crippen molar-refractivity contribution in [3.8, 4) is 6.07 Å². The van der Waals surface area contributed by atoms with Crippen LogP contribution < -0.4 is 16.6 Å². The predicted octanol–water partition coefficient (Wildman–Crippen LogP) is 1.76. The molecule has 41 heavy (non-hydrogen) atoms. The first-order valence-corrected chi connectivity index (χ1v) is 15.6. The van der Waals surface area contributed by atoms with E-state index >= 15 is 0 Å². The Balaban J connectivity index is 0.926. The van der Waals surface area contributed by atoms with E-state index in [9.17, 15) is 19.6 Å². The molecule has 1 aromatic heterocycles. The molecule has 220 valence electrons. The van der Waals surface area contributed by atoms with Crippen molar-refractivity contribution in [2.45, 2.75) is 94.0 Å². The van der Waals surface area contributed by atoms with Crippen molar-refractivity contribution < 1.29 is 14.3 Å². The van der Waals surface area contributed by atoms with E-state index in [1.165, 1.54) is 12.5 Å². The number of likely N-dealkylation sites (tertiary alicyclic amines) is 2. The lowest BCUT2D eigenvalue weighted by molar-refractivity contribution is -0.201. The van der Waals surface area contributed by atoms with Gasteiger partial charge in [-0.3, -0.25) is 14.4 Å². The molecule has 0 aromatic carbocycles. The first kappa shape index (κ1) is 27.1. The normalized spacial score (nSPS) is 38.3. The summed E-state index contributed by atoms with van der Waals surface area (Å²) in [4.78, 5) is 44.6. The molecular weight excluding hydrogens is 520 g/mol. The van der Waals surface area contributed by atoms with Gasteiger partial charge in [-0.05, 0) is 93.4 Å². The van der Waals surface area contributed by atoms with Crippen molar-refractivity contribution in [2.24, 2.45) is 28.9 Å². The Labute approximate surface area is 241 Å². The maximum absolute atomic E-state index is 13.7. The van der Waals surface area contributed by atoms with Gasteiger partial charge in [-0.15, -0.1) is 0 Å². The van der Waals surface area contributed by atoms with E-state index in [4.69, 9.17) is 10.5 Å². The second-order valence-corrected chi connectivity index (χ2v) is 14.0. The number of fused-ring (bicyclic) bond motifs is 1. The molecule has 7 aliphatic rings. The minimum atomic E-state index is -0.547. The second-order valence-electron chi connectivity index (χ2n) is 14.0. The molecule has 2 saturated heterocycles. The summed E-state index contributed by atoms with van der Waals surface area (Å²) >= 11 is 0. The molecule has 4 bridgehead atoms. The smallest absolute Gasteiger partial charge is 0.268 e. The van der Waals surface area contributed by atoms with Gasteiger partial charge in [0.15, 0.2) is 0 Å². The highest BCUT2D eigenvalue weighted by atomic mass is 16.5. The van der Waals surface area contributed by atoms with Crippen LogP contribution in [0, 0.1) is 34.5 Å². The maximum Gasteiger partial charge on any atom is 0.268 e. The fraction of sp³-hybridized carbons (Fsp3) is 0.742. The lowest BCUT2D eigenvalue weighted by Crippen LogP contribution is -2.65. The van der Waals surface area contributed by atoms with Crippen LogP contribution in [0.3, 0.4) is 0 Å². The number of rotatable bonds is 8. The molecule has 10 nitrogen and oxygen atoms in total. The fourth-order valence-electron chi connectivity index (χ4n) is 9.63. The summed E-state index contributed by atoms with van der Waals surface area (Å²) in [5, 5.41) is 12.7. The zero-order chi connectivity index (χ0) is 28.4. The van der Waals surface area contributed by atoms with Gasteiger partial charge in [0.25, 0.3) is 5.91 Å². The number of piperidine rings is 2. The number of nitrogens with two attached hydrogens (primary N) is 1.